The van der Waals surface area contributed by atoms with Crippen LogP contribution in [0.25, 0.3) is 11.3 Å². The summed E-state index contributed by atoms with van der Waals surface area (Å²) in [6.07, 6.45) is 8.61. The molecule has 0 radical (unpaired) electrons. The Balaban J connectivity index is 1.70. The van der Waals surface area contributed by atoms with Gasteiger partial charge in [-0.25, -0.2) is 0 Å². The van der Waals surface area contributed by atoms with E-state index in [0.29, 0.717) is 11.5 Å². The van der Waals surface area contributed by atoms with Gasteiger partial charge in [0.1, 0.15) is 5.15 Å². The molecule has 1 aliphatic heterocycles. The van der Waals surface area contributed by atoms with Gasteiger partial charge in [0.15, 0.2) is 0 Å². The number of nitrogens with one attached hydrogen (secondary N) is 1. The lowest BCUT2D eigenvalue weighted by atomic mass is 9.92. The van der Waals surface area contributed by atoms with E-state index in [1.165, 1.54) is 25.7 Å². The Morgan fingerprint density at radius 1 is 1.29 bits per heavy atom. The van der Waals surface area contributed by atoms with E-state index in [0.717, 1.165) is 48.2 Å². The number of nitrogens with zero attached hydrogens (tertiary/aromatic N) is 4. The highest BCUT2D eigenvalue weighted by Gasteiger charge is 2.23. The van der Waals surface area contributed by atoms with Gasteiger partial charge in [-0.15, -0.1) is 0 Å². The molecule has 5 nitrogen and oxygen atoms in total. The van der Waals surface area contributed by atoms with E-state index in [2.05, 4.69) is 47.1 Å². The van der Waals surface area contributed by atoms with Gasteiger partial charge in [0, 0.05) is 49.7 Å². The van der Waals surface area contributed by atoms with Gasteiger partial charge in [-0.2, -0.15) is 5.10 Å². The summed E-state index contributed by atoms with van der Waals surface area (Å²) in [5.41, 5.74) is 3.45. The topological polar surface area (TPSA) is 46.0 Å². The lowest BCUT2D eigenvalue weighted by Gasteiger charge is -2.26. The second-order valence-electron chi connectivity index (χ2n) is 9.18. The van der Waals surface area contributed by atoms with Crippen LogP contribution in [0.1, 0.15) is 52.0 Å². The van der Waals surface area contributed by atoms with Gasteiger partial charge in [-0.05, 0) is 49.9 Å². The molecule has 0 spiro atoms. The number of likely N-dealkylation sites (tertiary alicyclic amines) is 1. The predicted octanol–water partition coefficient (Wildman–Crippen LogP) is 4.52. The van der Waals surface area contributed by atoms with Gasteiger partial charge >= 0.3 is 0 Å². The van der Waals surface area contributed by atoms with E-state index in [1.807, 2.05) is 19.3 Å². The Kier molecular flexibility index (Phi) is 7.13. The molecule has 154 valence electrons. The summed E-state index contributed by atoms with van der Waals surface area (Å²) in [5.74, 6) is 0. The highest BCUT2D eigenvalue weighted by molar-refractivity contribution is 6.30. The molecule has 0 saturated carbocycles. The van der Waals surface area contributed by atoms with Crippen LogP contribution in [0.15, 0.2) is 24.5 Å². The summed E-state index contributed by atoms with van der Waals surface area (Å²) in [5, 5.41) is 9.18. The second-order valence-corrected chi connectivity index (χ2v) is 9.53. The first kappa shape index (κ1) is 21.3. The monoisotopic (exact) mass is 403 g/mol. The van der Waals surface area contributed by atoms with Gasteiger partial charge in [0.2, 0.25) is 0 Å². The minimum Gasteiger partial charge on any atom is -0.313 e. The zero-order valence-corrected chi connectivity index (χ0v) is 18.5. The molecule has 1 aliphatic rings. The Labute approximate surface area is 174 Å². The average molecular weight is 404 g/mol. The SMILES string of the molecule is Cn1nc(-c2cccnc2)c(CN2CCCCC(NCCC(C)(C)C)C2)c1Cl. The van der Waals surface area contributed by atoms with E-state index >= 15 is 0 Å². The van der Waals surface area contributed by atoms with Gasteiger partial charge in [-0.3, -0.25) is 14.6 Å². The molecule has 28 heavy (non-hydrogen) atoms. The number of rotatable bonds is 6. The minimum absolute atomic E-state index is 0.374. The van der Waals surface area contributed by atoms with E-state index in [4.69, 9.17) is 11.6 Å². The molecule has 2 aromatic rings. The molecule has 3 heterocycles. The molecule has 0 aliphatic carbocycles. The Morgan fingerprint density at radius 3 is 2.82 bits per heavy atom. The minimum atomic E-state index is 0.374. The summed E-state index contributed by atoms with van der Waals surface area (Å²) in [4.78, 5) is 6.78. The van der Waals surface area contributed by atoms with Crippen molar-refractivity contribution in [3.63, 3.8) is 0 Å². The zero-order chi connectivity index (χ0) is 20.1. The standard InChI is InChI=1S/C22H34ClN5/c1-22(2,3)10-12-25-18-9-5-6-13-28(15-18)16-19-20(26-27(4)21(19)23)17-8-7-11-24-14-17/h7-8,11,14,18,25H,5-6,9-10,12-13,15-16H2,1-4H3. The van der Waals surface area contributed by atoms with Crippen LogP contribution in [-0.2, 0) is 13.6 Å². The molecule has 0 bridgehead atoms. The third kappa shape index (κ3) is 5.79. The number of halogens is 1. The molecule has 3 rings (SSSR count). The van der Waals surface area contributed by atoms with Crippen molar-refractivity contribution < 1.29 is 0 Å². The molecule has 1 fully saturated rings. The van der Waals surface area contributed by atoms with Gasteiger partial charge in [-0.1, -0.05) is 38.8 Å². The molecule has 2 aromatic heterocycles. The van der Waals surface area contributed by atoms with Crippen LogP contribution in [0.4, 0.5) is 0 Å². The fourth-order valence-electron chi connectivity index (χ4n) is 3.83. The van der Waals surface area contributed by atoms with E-state index in [9.17, 15) is 0 Å². The molecule has 1 saturated heterocycles. The van der Waals surface area contributed by atoms with Gasteiger partial charge in [0.25, 0.3) is 0 Å². The quantitative estimate of drug-likeness (QED) is 0.770. The number of aromatic nitrogens is 3. The zero-order valence-electron chi connectivity index (χ0n) is 17.7. The van der Waals surface area contributed by atoms with Crippen LogP contribution in [0.5, 0.6) is 0 Å². The van der Waals surface area contributed by atoms with Crippen LogP contribution in [0, 0.1) is 5.41 Å². The average Bonchev–Trinajstić information content (AvgIpc) is 2.81. The first-order valence-corrected chi connectivity index (χ1v) is 10.8. The Hall–Kier alpha value is -1.43. The summed E-state index contributed by atoms with van der Waals surface area (Å²) in [6, 6.07) is 4.54. The van der Waals surface area contributed by atoms with Crippen LogP contribution in [0.2, 0.25) is 5.15 Å². The summed E-state index contributed by atoms with van der Waals surface area (Å²) >= 11 is 6.63. The molecule has 1 N–H and O–H groups in total. The summed E-state index contributed by atoms with van der Waals surface area (Å²) in [6.45, 7) is 11.0. The Bertz CT molecular complexity index is 750. The fourth-order valence-corrected chi connectivity index (χ4v) is 4.01. The first-order valence-electron chi connectivity index (χ1n) is 10.4. The van der Waals surface area contributed by atoms with Crippen molar-refractivity contribution in [1.82, 2.24) is 25.0 Å². The lowest BCUT2D eigenvalue weighted by molar-refractivity contribution is 0.246. The number of hydrogen-bond acceptors (Lipinski definition) is 4. The van der Waals surface area contributed by atoms with Crippen molar-refractivity contribution in [2.75, 3.05) is 19.6 Å². The molecule has 6 heteroatoms. The molecule has 0 amide bonds. The van der Waals surface area contributed by atoms with E-state index < -0.39 is 0 Å². The van der Waals surface area contributed by atoms with Crippen LogP contribution in [0.3, 0.4) is 0 Å². The van der Waals surface area contributed by atoms with Crippen molar-refractivity contribution in [2.24, 2.45) is 12.5 Å². The van der Waals surface area contributed by atoms with Gasteiger partial charge < -0.3 is 5.32 Å². The maximum atomic E-state index is 6.63. The van der Waals surface area contributed by atoms with Crippen LogP contribution >= 0.6 is 11.6 Å². The lowest BCUT2D eigenvalue weighted by Crippen LogP contribution is -2.40. The molecule has 1 atom stereocenters. The summed E-state index contributed by atoms with van der Waals surface area (Å²) < 4.78 is 1.77. The number of aryl methyl sites for hydroxylation is 1. The summed E-state index contributed by atoms with van der Waals surface area (Å²) in [7, 11) is 1.91. The highest BCUT2D eigenvalue weighted by atomic mass is 35.5. The van der Waals surface area contributed by atoms with E-state index in [-0.39, 0.29) is 0 Å². The smallest absolute Gasteiger partial charge is 0.131 e. The third-order valence-electron chi connectivity index (χ3n) is 5.45. The fraction of sp³-hybridized carbons (Fsp3) is 0.636. The maximum Gasteiger partial charge on any atom is 0.131 e. The third-order valence-corrected chi connectivity index (χ3v) is 5.92. The van der Waals surface area contributed by atoms with E-state index in [1.54, 1.807) is 10.9 Å². The molecular formula is C22H34ClN5. The highest BCUT2D eigenvalue weighted by Crippen LogP contribution is 2.29. The molecular weight excluding hydrogens is 370 g/mol. The van der Waals surface area contributed by atoms with Crippen LogP contribution in [-0.4, -0.2) is 45.3 Å². The van der Waals surface area contributed by atoms with Crippen LogP contribution < -0.4 is 5.32 Å². The number of hydrogen-bond donors (Lipinski definition) is 1. The molecule has 1 unspecified atom stereocenters. The van der Waals surface area contributed by atoms with Crippen molar-refractivity contribution in [3.8, 4) is 11.3 Å². The van der Waals surface area contributed by atoms with Crippen molar-refractivity contribution >= 4 is 11.6 Å². The second kappa shape index (κ2) is 9.38. The molecule has 0 aromatic carbocycles. The normalized spacial score (nSPS) is 19.0. The van der Waals surface area contributed by atoms with Crippen molar-refractivity contribution in [3.05, 3.63) is 35.2 Å². The number of pyridine rings is 1. The van der Waals surface area contributed by atoms with Crippen molar-refractivity contribution in [1.29, 1.82) is 0 Å². The maximum absolute atomic E-state index is 6.63. The largest absolute Gasteiger partial charge is 0.313 e. The Morgan fingerprint density at radius 2 is 2.11 bits per heavy atom. The predicted molar refractivity (Wildman–Crippen MR) is 116 cm³/mol. The first-order chi connectivity index (χ1) is 13.3. The van der Waals surface area contributed by atoms with Gasteiger partial charge in [0.05, 0.1) is 5.69 Å². The van der Waals surface area contributed by atoms with Crippen molar-refractivity contribution in [2.45, 2.75) is 59.0 Å².